The maximum absolute atomic E-state index is 13.4. The molecule has 0 saturated carbocycles. The minimum Gasteiger partial charge on any atom is -0.497 e. The summed E-state index contributed by atoms with van der Waals surface area (Å²) >= 11 is 0. The number of carbonyl (C=O) groups is 3. The normalized spacial score (nSPS) is 16.1. The minimum atomic E-state index is -3.93. The van der Waals surface area contributed by atoms with Gasteiger partial charge in [-0.05, 0) is 54.6 Å². The van der Waals surface area contributed by atoms with Crippen molar-refractivity contribution in [3.63, 3.8) is 0 Å². The standard InChI is InChI=1S/C23H21N3O7S/c1-32-17-5-2-4-15(12-17)22(28)25(14-18-6-3-11-33-18)20-13-21(27)26(23(20)29)16-7-9-19(10-8-16)34(24,30)31/h2-12,20H,13-14H2,1H3,(H2,24,30,31). The van der Waals surface area contributed by atoms with Gasteiger partial charge in [0.25, 0.3) is 11.8 Å². The second kappa shape index (κ2) is 9.12. The van der Waals surface area contributed by atoms with Crippen molar-refractivity contribution in [2.24, 2.45) is 5.14 Å². The van der Waals surface area contributed by atoms with E-state index in [1.54, 1.807) is 36.4 Å². The first-order chi connectivity index (χ1) is 16.2. The van der Waals surface area contributed by atoms with Gasteiger partial charge >= 0.3 is 0 Å². The zero-order chi connectivity index (χ0) is 24.5. The van der Waals surface area contributed by atoms with Crippen LogP contribution in [0.2, 0.25) is 0 Å². The van der Waals surface area contributed by atoms with Crippen LogP contribution in [0, 0.1) is 0 Å². The summed E-state index contributed by atoms with van der Waals surface area (Å²) in [6.07, 6.45) is 1.21. The van der Waals surface area contributed by atoms with E-state index in [2.05, 4.69) is 0 Å². The highest BCUT2D eigenvalue weighted by Crippen LogP contribution is 2.29. The molecule has 1 unspecified atom stereocenters. The number of methoxy groups -OCH3 is 1. The van der Waals surface area contributed by atoms with Crippen LogP contribution in [0.4, 0.5) is 5.69 Å². The number of furan rings is 1. The molecule has 1 aliphatic rings. The summed E-state index contributed by atoms with van der Waals surface area (Å²) in [4.78, 5) is 41.7. The van der Waals surface area contributed by atoms with Gasteiger partial charge in [-0.15, -0.1) is 0 Å². The largest absolute Gasteiger partial charge is 0.497 e. The van der Waals surface area contributed by atoms with Crippen molar-refractivity contribution in [3.05, 3.63) is 78.3 Å². The summed E-state index contributed by atoms with van der Waals surface area (Å²) in [7, 11) is -2.46. The number of hydrogen-bond acceptors (Lipinski definition) is 7. The molecular formula is C23H21N3O7S. The third kappa shape index (κ3) is 4.56. The highest BCUT2D eigenvalue weighted by Gasteiger charge is 2.44. The first-order valence-electron chi connectivity index (χ1n) is 10.2. The van der Waals surface area contributed by atoms with Crippen molar-refractivity contribution in [1.29, 1.82) is 0 Å². The summed E-state index contributed by atoms with van der Waals surface area (Å²) in [5.41, 5.74) is 0.457. The summed E-state index contributed by atoms with van der Waals surface area (Å²) in [5, 5.41) is 5.11. The molecule has 3 amide bonds. The Morgan fingerprint density at radius 2 is 1.88 bits per heavy atom. The molecule has 10 nitrogen and oxygen atoms in total. The fourth-order valence-corrected chi connectivity index (χ4v) is 4.25. The average Bonchev–Trinajstić information content (AvgIpc) is 3.44. The number of rotatable bonds is 7. The molecule has 0 bridgehead atoms. The topological polar surface area (TPSA) is 140 Å². The van der Waals surface area contributed by atoms with E-state index in [9.17, 15) is 22.8 Å². The van der Waals surface area contributed by atoms with Crippen LogP contribution in [0.25, 0.3) is 0 Å². The third-order valence-corrected chi connectivity index (χ3v) is 6.34. The van der Waals surface area contributed by atoms with Gasteiger partial charge in [-0.2, -0.15) is 0 Å². The van der Waals surface area contributed by atoms with Crippen molar-refractivity contribution in [2.75, 3.05) is 12.0 Å². The van der Waals surface area contributed by atoms with Gasteiger partial charge in [0, 0.05) is 5.56 Å². The van der Waals surface area contributed by atoms with Gasteiger partial charge < -0.3 is 14.1 Å². The third-order valence-electron chi connectivity index (χ3n) is 5.41. The Labute approximate surface area is 195 Å². The average molecular weight is 484 g/mol. The SMILES string of the molecule is COc1cccc(C(=O)N(Cc2ccco2)C2CC(=O)N(c3ccc(S(N)(=O)=O)cc3)C2=O)c1. The van der Waals surface area contributed by atoms with Crippen molar-refractivity contribution >= 4 is 33.4 Å². The van der Waals surface area contributed by atoms with Crippen LogP contribution in [0.5, 0.6) is 5.75 Å². The van der Waals surface area contributed by atoms with Crippen LogP contribution in [0.1, 0.15) is 22.5 Å². The molecule has 0 aliphatic carbocycles. The van der Waals surface area contributed by atoms with Crippen LogP contribution in [0.3, 0.4) is 0 Å². The molecule has 0 radical (unpaired) electrons. The lowest BCUT2D eigenvalue weighted by atomic mass is 10.1. The van der Waals surface area contributed by atoms with Crippen LogP contribution in [-0.2, 0) is 26.2 Å². The Morgan fingerprint density at radius 3 is 2.50 bits per heavy atom. The number of anilines is 1. The number of sulfonamides is 1. The smallest absolute Gasteiger partial charge is 0.257 e. The lowest BCUT2D eigenvalue weighted by molar-refractivity contribution is -0.122. The molecular weight excluding hydrogens is 462 g/mol. The predicted molar refractivity (Wildman–Crippen MR) is 120 cm³/mol. The number of nitrogens with zero attached hydrogens (tertiary/aromatic N) is 2. The first kappa shape index (κ1) is 23.2. The molecule has 1 fully saturated rings. The van der Waals surface area contributed by atoms with E-state index in [0.29, 0.717) is 11.5 Å². The van der Waals surface area contributed by atoms with Crippen LogP contribution >= 0.6 is 0 Å². The van der Waals surface area contributed by atoms with Gasteiger partial charge in [0.05, 0.1) is 36.9 Å². The quantitative estimate of drug-likeness (QED) is 0.506. The molecule has 2 heterocycles. The molecule has 0 spiro atoms. The Balaban J connectivity index is 1.67. The lowest BCUT2D eigenvalue weighted by Gasteiger charge is -2.27. The maximum atomic E-state index is 13.4. The Bertz CT molecular complexity index is 1340. The van der Waals surface area contributed by atoms with Crippen molar-refractivity contribution in [1.82, 2.24) is 4.90 Å². The van der Waals surface area contributed by atoms with Gasteiger partial charge in [0.15, 0.2) is 0 Å². The molecule has 2 N–H and O–H groups in total. The molecule has 176 valence electrons. The maximum Gasteiger partial charge on any atom is 0.257 e. The lowest BCUT2D eigenvalue weighted by Crippen LogP contribution is -2.45. The number of benzene rings is 2. The zero-order valence-corrected chi connectivity index (χ0v) is 18.9. The van der Waals surface area contributed by atoms with Gasteiger partial charge in [0.2, 0.25) is 15.9 Å². The van der Waals surface area contributed by atoms with E-state index in [1.165, 1.54) is 42.5 Å². The Kier molecular flexibility index (Phi) is 6.22. The summed E-state index contributed by atoms with van der Waals surface area (Å²) in [6, 6.07) is 13.8. The molecule has 1 atom stereocenters. The van der Waals surface area contributed by atoms with E-state index in [0.717, 1.165) is 4.90 Å². The highest BCUT2D eigenvalue weighted by atomic mass is 32.2. The number of imide groups is 1. The van der Waals surface area contributed by atoms with E-state index in [4.69, 9.17) is 14.3 Å². The molecule has 2 aromatic carbocycles. The van der Waals surface area contributed by atoms with Crippen molar-refractivity contribution in [2.45, 2.75) is 23.9 Å². The number of amides is 3. The number of primary sulfonamides is 1. The molecule has 1 saturated heterocycles. The molecule has 1 aliphatic heterocycles. The monoisotopic (exact) mass is 483 g/mol. The number of carbonyl (C=O) groups excluding carboxylic acids is 3. The van der Waals surface area contributed by atoms with Crippen LogP contribution in [0.15, 0.2) is 76.2 Å². The van der Waals surface area contributed by atoms with E-state index in [-0.39, 0.29) is 29.1 Å². The van der Waals surface area contributed by atoms with Crippen LogP contribution in [-0.4, -0.2) is 44.2 Å². The molecule has 11 heteroatoms. The van der Waals surface area contributed by atoms with E-state index < -0.39 is 33.8 Å². The number of ether oxygens (including phenoxy) is 1. The van der Waals surface area contributed by atoms with Crippen LogP contribution < -0.4 is 14.8 Å². The van der Waals surface area contributed by atoms with Crippen molar-refractivity contribution in [3.8, 4) is 5.75 Å². The summed E-state index contributed by atoms with van der Waals surface area (Å²) in [6.45, 7) is -0.0368. The van der Waals surface area contributed by atoms with Gasteiger partial charge in [-0.25, -0.2) is 18.5 Å². The summed E-state index contributed by atoms with van der Waals surface area (Å²) < 4.78 is 33.6. The van der Waals surface area contributed by atoms with Gasteiger partial charge in [-0.1, -0.05) is 6.07 Å². The minimum absolute atomic E-state index is 0.0368. The summed E-state index contributed by atoms with van der Waals surface area (Å²) in [5.74, 6) is -0.716. The van der Waals surface area contributed by atoms with Gasteiger partial charge in [-0.3, -0.25) is 14.4 Å². The zero-order valence-electron chi connectivity index (χ0n) is 18.1. The second-order valence-corrected chi connectivity index (χ2v) is 9.13. The van der Waals surface area contributed by atoms with E-state index in [1.807, 2.05) is 0 Å². The van der Waals surface area contributed by atoms with Crippen molar-refractivity contribution < 1.29 is 32.0 Å². The first-order valence-corrected chi connectivity index (χ1v) is 11.7. The molecule has 34 heavy (non-hydrogen) atoms. The highest BCUT2D eigenvalue weighted by molar-refractivity contribution is 7.89. The van der Waals surface area contributed by atoms with E-state index >= 15 is 0 Å². The Hall–Kier alpha value is -3.96. The fourth-order valence-electron chi connectivity index (χ4n) is 3.73. The number of hydrogen-bond donors (Lipinski definition) is 1. The Morgan fingerprint density at radius 1 is 1.15 bits per heavy atom. The molecule has 3 aromatic rings. The van der Waals surface area contributed by atoms with Gasteiger partial charge in [0.1, 0.15) is 17.6 Å². The fraction of sp³-hybridized carbons (Fsp3) is 0.174. The molecule has 4 rings (SSSR count). The predicted octanol–water partition coefficient (Wildman–Crippen LogP) is 1.91. The number of nitrogens with two attached hydrogens (primary N) is 1. The second-order valence-electron chi connectivity index (χ2n) is 7.57. The molecule has 1 aromatic heterocycles.